The molecule has 4 rings (SSSR count). The van der Waals surface area contributed by atoms with Crippen molar-refractivity contribution in [1.29, 1.82) is 0 Å². The maximum absolute atomic E-state index is 12.8. The first-order valence-corrected chi connectivity index (χ1v) is 8.69. The number of nitrogens with zero attached hydrogens (tertiary/aromatic N) is 2. The maximum Gasteiger partial charge on any atom is 0.270 e. The Bertz CT molecular complexity index is 913. The van der Waals surface area contributed by atoms with E-state index in [0.717, 1.165) is 28.2 Å². The molecule has 1 aliphatic heterocycles. The van der Waals surface area contributed by atoms with Gasteiger partial charge in [-0.3, -0.25) is 4.79 Å². The molecule has 122 valence electrons. The Morgan fingerprint density at radius 3 is 3.00 bits per heavy atom. The third-order valence-corrected chi connectivity index (χ3v) is 5.09. The molecule has 0 aliphatic carbocycles. The Morgan fingerprint density at radius 1 is 1.33 bits per heavy atom. The van der Waals surface area contributed by atoms with Gasteiger partial charge in [0.05, 0.1) is 10.7 Å². The third kappa shape index (κ3) is 2.69. The number of aromatic amines is 1. The SMILES string of the molecule is Cc1nc(-c2c[nH]c(C(=O)N3CCc4ccc(O)cc4C3)c2)cs1. The average molecular weight is 339 g/mol. The number of H-pyrrole nitrogens is 1. The molecule has 2 aromatic heterocycles. The highest BCUT2D eigenvalue weighted by Crippen LogP contribution is 2.26. The number of carbonyl (C=O) groups is 1. The second-order valence-electron chi connectivity index (χ2n) is 5.98. The molecule has 1 aromatic carbocycles. The normalized spacial score (nSPS) is 13.8. The quantitative estimate of drug-likeness (QED) is 0.752. The molecule has 5 nitrogen and oxygen atoms in total. The van der Waals surface area contributed by atoms with Crippen molar-refractivity contribution in [2.45, 2.75) is 19.9 Å². The molecule has 3 aromatic rings. The van der Waals surface area contributed by atoms with Gasteiger partial charge in [0.2, 0.25) is 0 Å². The maximum atomic E-state index is 12.8. The van der Waals surface area contributed by atoms with E-state index >= 15 is 0 Å². The average Bonchev–Trinajstić information content (AvgIpc) is 3.22. The zero-order chi connectivity index (χ0) is 16.7. The van der Waals surface area contributed by atoms with E-state index in [1.54, 1.807) is 23.5 Å². The minimum absolute atomic E-state index is 0.0257. The lowest BCUT2D eigenvalue weighted by atomic mass is 9.99. The van der Waals surface area contributed by atoms with Gasteiger partial charge < -0.3 is 15.0 Å². The Kier molecular flexibility index (Phi) is 3.61. The minimum Gasteiger partial charge on any atom is -0.508 e. The van der Waals surface area contributed by atoms with Crippen LogP contribution in [-0.4, -0.2) is 32.4 Å². The molecule has 0 bridgehead atoms. The van der Waals surface area contributed by atoms with Crippen LogP contribution in [0.4, 0.5) is 0 Å². The lowest BCUT2D eigenvalue weighted by Crippen LogP contribution is -2.36. The van der Waals surface area contributed by atoms with Crippen LogP contribution in [0, 0.1) is 6.92 Å². The molecule has 0 radical (unpaired) electrons. The summed E-state index contributed by atoms with van der Waals surface area (Å²) in [5, 5.41) is 12.6. The molecule has 0 saturated heterocycles. The van der Waals surface area contributed by atoms with E-state index in [-0.39, 0.29) is 11.7 Å². The molecule has 2 N–H and O–H groups in total. The van der Waals surface area contributed by atoms with Crippen LogP contribution in [0.5, 0.6) is 5.75 Å². The summed E-state index contributed by atoms with van der Waals surface area (Å²) >= 11 is 1.59. The number of thiazole rings is 1. The number of aromatic hydroxyl groups is 1. The van der Waals surface area contributed by atoms with E-state index < -0.39 is 0 Å². The minimum atomic E-state index is -0.0257. The number of carbonyl (C=O) groups excluding carboxylic acids is 1. The van der Waals surface area contributed by atoms with Gasteiger partial charge >= 0.3 is 0 Å². The smallest absolute Gasteiger partial charge is 0.270 e. The molecule has 6 heteroatoms. The van der Waals surface area contributed by atoms with Crippen molar-refractivity contribution in [2.75, 3.05) is 6.54 Å². The number of phenols is 1. The van der Waals surface area contributed by atoms with Gasteiger partial charge in [-0.2, -0.15) is 0 Å². The highest BCUT2D eigenvalue weighted by atomic mass is 32.1. The number of benzene rings is 1. The number of nitrogens with one attached hydrogen (secondary N) is 1. The number of amides is 1. The van der Waals surface area contributed by atoms with Crippen molar-refractivity contribution in [3.8, 4) is 17.0 Å². The molecule has 0 atom stereocenters. The Labute approximate surface area is 143 Å². The summed E-state index contributed by atoms with van der Waals surface area (Å²) in [7, 11) is 0. The zero-order valence-corrected chi connectivity index (χ0v) is 14.1. The Hall–Kier alpha value is -2.60. The van der Waals surface area contributed by atoms with Crippen LogP contribution in [0.25, 0.3) is 11.3 Å². The van der Waals surface area contributed by atoms with E-state index in [1.807, 2.05) is 35.5 Å². The standard InChI is InChI=1S/C18H17N3O2S/c1-11-20-17(10-24-11)13-7-16(19-8-13)18(23)21-5-4-12-2-3-15(22)6-14(12)9-21/h2-3,6-8,10,19,22H,4-5,9H2,1H3. The van der Waals surface area contributed by atoms with Crippen molar-refractivity contribution in [3.63, 3.8) is 0 Å². The number of aryl methyl sites for hydroxylation is 1. The summed E-state index contributed by atoms with van der Waals surface area (Å²) < 4.78 is 0. The Balaban J connectivity index is 1.55. The first-order chi connectivity index (χ1) is 11.6. The summed E-state index contributed by atoms with van der Waals surface area (Å²) in [4.78, 5) is 22.1. The predicted molar refractivity (Wildman–Crippen MR) is 93.2 cm³/mol. The highest BCUT2D eigenvalue weighted by molar-refractivity contribution is 7.09. The van der Waals surface area contributed by atoms with Gasteiger partial charge in [-0.25, -0.2) is 4.98 Å². The van der Waals surface area contributed by atoms with Gasteiger partial charge in [-0.15, -0.1) is 11.3 Å². The number of fused-ring (bicyclic) bond motifs is 1. The van der Waals surface area contributed by atoms with Crippen LogP contribution in [0.3, 0.4) is 0 Å². The van der Waals surface area contributed by atoms with Gasteiger partial charge in [0.15, 0.2) is 0 Å². The monoisotopic (exact) mass is 339 g/mol. The van der Waals surface area contributed by atoms with Crippen LogP contribution >= 0.6 is 11.3 Å². The van der Waals surface area contributed by atoms with Crippen LogP contribution in [0.1, 0.15) is 26.6 Å². The highest BCUT2D eigenvalue weighted by Gasteiger charge is 2.23. The zero-order valence-electron chi connectivity index (χ0n) is 13.2. The summed E-state index contributed by atoms with van der Waals surface area (Å²) in [5.41, 5.74) is 4.59. The second kappa shape index (κ2) is 5.79. The summed E-state index contributed by atoms with van der Waals surface area (Å²) in [6.45, 7) is 3.17. The van der Waals surface area contributed by atoms with Gasteiger partial charge in [-0.1, -0.05) is 6.07 Å². The molecule has 0 saturated carbocycles. The lowest BCUT2D eigenvalue weighted by Gasteiger charge is -2.28. The number of hydrogen-bond donors (Lipinski definition) is 2. The summed E-state index contributed by atoms with van der Waals surface area (Å²) in [6, 6.07) is 7.23. The summed E-state index contributed by atoms with van der Waals surface area (Å²) in [5.74, 6) is 0.214. The van der Waals surface area contributed by atoms with Crippen LogP contribution in [-0.2, 0) is 13.0 Å². The molecule has 0 spiro atoms. The molecule has 1 aliphatic rings. The van der Waals surface area contributed by atoms with Crippen LogP contribution < -0.4 is 0 Å². The first kappa shape index (κ1) is 15.0. The van der Waals surface area contributed by atoms with Crippen molar-refractivity contribution in [2.24, 2.45) is 0 Å². The Morgan fingerprint density at radius 2 is 2.21 bits per heavy atom. The first-order valence-electron chi connectivity index (χ1n) is 7.81. The molecule has 0 unspecified atom stereocenters. The van der Waals surface area contributed by atoms with Gasteiger partial charge in [0, 0.05) is 30.2 Å². The van der Waals surface area contributed by atoms with Gasteiger partial charge in [-0.05, 0) is 42.7 Å². The van der Waals surface area contributed by atoms with Crippen LogP contribution in [0.15, 0.2) is 35.8 Å². The number of aromatic nitrogens is 2. The van der Waals surface area contributed by atoms with E-state index in [1.165, 1.54) is 5.56 Å². The van der Waals surface area contributed by atoms with Crippen molar-refractivity contribution in [1.82, 2.24) is 14.9 Å². The van der Waals surface area contributed by atoms with Gasteiger partial charge in [0.25, 0.3) is 5.91 Å². The number of hydrogen-bond acceptors (Lipinski definition) is 4. The van der Waals surface area contributed by atoms with Crippen LogP contribution in [0.2, 0.25) is 0 Å². The van der Waals surface area contributed by atoms with Crippen molar-refractivity contribution < 1.29 is 9.90 Å². The second-order valence-corrected chi connectivity index (χ2v) is 7.05. The molecule has 3 heterocycles. The fourth-order valence-electron chi connectivity index (χ4n) is 3.05. The molecule has 24 heavy (non-hydrogen) atoms. The van der Waals surface area contributed by atoms with E-state index in [0.29, 0.717) is 18.8 Å². The van der Waals surface area contributed by atoms with Crippen molar-refractivity contribution >= 4 is 17.2 Å². The molecule has 0 fully saturated rings. The summed E-state index contributed by atoms with van der Waals surface area (Å²) in [6.07, 6.45) is 2.63. The third-order valence-electron chi connectivity index (χ3n) is 4.32. The fraction of sp³-hybridized carbons (Fsp3) is 0.222. The number of phenolic OH excluding ortho intramolecular Hbond substituents is 1. The van der Waals surface area contributed by atoms with E-state index in [9.17, 15) is 9.90 Å². The molecule has 1 amide bonds. The van der Waals surface area contributed by atoms with E-state index in [4.69, 9.17) is 0 Å². The topological polar surface area (TPSA) is 69.2 Å². The lowest BCUT2D eigenvalue weighted by molar-refractivity contribution is 0.0729. The largest absolute Gasteiger partial charge is 0.508 e. The predicted octanol–water partition coefficient (Wildman–Crippen LogP) is 3.35. The fourth-order valence-corrected chi connectivity index (χ4v) is 3.67. The molecular formula is C18H17N3O2S. The number of rotatable bonds is 2. The van der Waals surface area contributed by atoms with E-state index in [2.05, 4.69) is 9.97 Å². The molecular weight excluding hydrogens is 322 g/mol. The van der Waals surface area contributed by atoms with Crippen molar-refractivity contribution in [3.05, 3.63) is 57.7 Å². The van der Waals surface area contributed by atoms with Gasteiger partial charge in [0.1, 0.15) is 11.4 Å².